The molecule has 2 atom stereocenters. The van der Waals surface area contributed by atoms with Gasteiger partial charge in [0.05, 0.1) is 0 Å². The van der Waals surface area contributed by atoms with E-state index in [1.807, 2.05) is 6.92 Å². The maximum atomic E-state index is 12.5. The monoisotopic (exact) mass is 390 g/mol. The van der Waals surface area contributed by atoms with Crippen LogP contribution in [0.5, 0.6) is 0 Å². The number of rotatable bonds is 4. The van der Waals surface area contributed by atoms with Crippen LogP contribution in [0.3, 0.4) is 0 Å². The highest BCUT2D eigenvalue weighted by atomic mass is 32.2. The summed E-state index contributed by atoms with van der Waals surface area (Å²) in [5.41, 5.74) is 1.42. The number of hydrogen-bond acceptors (Lipinski definition) is 6. The minimum absolute atomic E-state index is 0.105. The summed E-state index contributed by atoms with van der Waals surface area (Å²) in [5.74, 6) is 0.635. The van der Waals surface area contributed by atoms with Crippen LogP contribution in [0, 0.1) is 5.92 Å². The highest BCUT2D eigenvalue weighted by molar-refractivity contribution is 8.00. The minimum atomic E-state index is -0.243. The van der Waals surface area contributed by atoms with E-state index < -0.39 is 0 Å². The molecule has 0 spiro atoms. The van der Waals surface area contributed by atoms with Gasteiger partial charge in [-0.1, -0.05) is 25.1 Å². The highest BCUT2D eigenvalue weighted by Gasteiger charge is 2.27. The summed E-state index contributed by atoms with van der Waals surface area (Å²) in [6, 6.07) is 0. The van der Waals surface area contributed by atoms with E-state index in [4.69, 9.17) is 4.74 Å². The van der Waals surface area contributed by atoms with Crippen LogP contribution in [-0.4, -0.2) is 27.3 Å². The lowest BCUT2D eigenvalue weighted by atomic mass is 9.89. The molecule has 2 aromatic rings. The Labute approximate surface area is 163 Å². The average Bonchev–Trinajstić information content (AvgIpc) is 3.00. The van der Waals surface area contributed by atoms with Crippen molar-refractivity contribution >= 4 is 39.3 Å². The summed E-state index contributed by atoms with van der Waals surface area (Å²) in [6.45, 7) is 4.25. The third kappa shape index (κ3) is 3.77. The normalized spacial score (nSPS) is 22.2. The second-order valence-electron chi connectivity index (χ2n) is 7.67. The molecule has 0 aliphatic heterocycles. The standard InChI is InChI=1S/C20H26N2O2S2/c1-12-8-9-15-16(10-12)26-19-17(15)18(21-11-22-19)25-13(2)20(23)24-14-6-4-3-5-7-14/h11-14H,3-10H2,1-2H3/t12-,13+/m0/s1. The van der Waals surface area contributed by atoms with Crippen molar-refractivity contribution in [3.63, 3.8) is 0 Å². The summed E-state index contributed by atoms with van der Waals surface area (Å²) in [7, 11) is 0. The van der Waals surface area contributed by atoms with E-state index in [-0.39, 0.29) is 17.3 Å². The van der Waals surface area contributed by atoms with Crippen LogP contribution in [0.15, 0.2) is 11.4 Å². The Morgan fingerprint density at radius 1 is 1.27 bits per heavy atom. The first-order valence-corrected chi connectivity index (χ1v) is 11.4. The van der Waals surface area contributed by atoms with Gasteiger partial charge in [-0.3, -0.25) is 4.79 Å². The average molecular weight is 391 g/mol. The van der Waals surface area contributed by atoms with Gasteiger partial charge in [-0.05, 0) is 63.4 Å². The van der Waals surface area contributed by atoms with Gasteiger partial charge in [0.2, 0.25) is 0 Å². The maximum Gasteiger partial charge on any atom is 0.319 e. The first kappa shape index (κ1) is 18.2. The molecule has 0 saturated heterocycles. The first-order valence-electron chi connectivity index (χ1n) is 9.74. The molecule has 0 bridgehead atoms. The summed E-state index contributed by atoms with van der Waals surface area (Å²) < 4.78 is 5.74. The van der Waals surface area contributed by atoms with Crippen molar-refractivity contribution < 1.29 is 9.53 Å². The van der Waals surface area contributed by atoms with Crippen molar-refractivity contribution in [1.29, 1.82) is 0 Å². The van der Waals surface area contributed by atoms with Crippen LogP contribution in [-0.2, 0) is 22.4 Å². The molecule has 6 heteroatoms. The smallest absolute Gasteiger partial charge is 0.319 e. The second-order valence-corrected chi connectivity index (χ2v) is 10.1. The molecule has 140 valence electrons. The van der Waals surface area contributed by atoms with Crippen molar-refractivity contribution in [2.24, 2.45) is 5.92 Å². The van der Waals surface area contributed by atoms with Crippen LogP contribution >= 0.6 is 23.1 Å². The van der Waals surface area contributed by atoms with E-state index in [1.165, 1.54) is 53.3 Å². The molecule has 4 rings (SSSR count). The molecular weight excluding hydrogens is 364 g/mol. The largest absolute Gasteiger partial charge is 0.462 e. The van der Waals surface area contributed by atoms with Crippen molar-refractivity contribution in [3.8, 4) is 0 Å². The lowest BCUT2D eigenvalue weighted by molar-refractivity contribution is -0.149. The number of aromatic nitrogens is 2. The number of ether oxygens (including phenoxy) is 1. The summed E-state index contributed by atoms with van der Waals surface area (Å²) >= 11 is 3.33. The number of thioether (sulfide) groups is 1. The highest BCUT2D eigenvalue weighted by Crippen LogP contribution is 2.41. The van der Waals surface area contributed by atoms with E-state index in [0.717, 1.165) is 41.5 Å². The Balaban J connectivity index is 1.52. The first-order chi connectivity index (χ1) is 12.6. The van der Waals surface area contributed by atoms with E-state index in [9.17, 15) is 4.79 Å². The summed E-state index contributed by atoms with van der Waals surface area (Å²) in [6.07, 6.45) is 10.8. The number of esters is 1. The zero-order valence-electron chi connectivity index (χ0n) is 15.5. The van der Waals surface area contributed by atoms with Gasteiger partial charge in [-0.15, -0.1) is 11.3 Å². The Morgan fingerprint density at radius 3 is 2.88 bits per heavy atom. The van der Waals surface area contributed by atoms with Gasteiger partial charge < -0.3 is 4.74 Å². The number of carbonyl (C=O) groups is 1. The molecule has 0 radical (unpaired) electrons. The fraction of sp³-hybridized carbons (Fsp3) is 0.650. The molecule has 0 N–H and O–H groups in total. The molecule has 2 aliphatic carbocycles. The second kappa shape index (κ2) is 7.85. The number of aryl methyl sites for hydroxylation is 1. The van der Waals surface area contributed by atoms with Gasteiger partial charge in [0.15, 0.2) is 0 Å². The summed E-state index contributed by atoms with van der Waals surface area (Å²) in [5, 5.41) is 1.88. The number of fused-ring (bicyclic) bond motifs is 3. The molecule has 0 unspecified atom stereocenters. The third-order valence-corrected chi connectivity index (χ3v) is 7.75. The number of hydrogen-bond donors (Lipinski definition) is 0. The predicted molar refractivity (Wildman–Crippen MR) is 107 cm³/mol. The van der Waals surface area contributed by atoms with E-state index in [2.05, 4.69) is 16.9 Å². The lowest BCUT2D eigenvalue weighted by Crippen LogP contribution is -2.26. The molecule has 4 nitrogen and oxygen atoms in total. The van der Waals surface area contributed by atoms with Crippen molar-refractivity contribution in [2.45, 2.75) is 81.6 Å². The number of nitrogens with zero attached hydrogens (tertiary/aromatic N) is 2. The molecular formula is C20H26N2O2S2. The van der Waals surface area contributed by atoms with Crippen LogP contribution in [0.4, 0.5) is 0 Å². The molecule has 2 aromatic heterocycles. The maximum absolute atomic E-state index is 12.5. The number of thiophene rings is 1. The van der Waals surface area contributed by atoms with E-state index in [1.54, 1.807) is 17.7 Å². The SMILES string of the molecule is C[C@H]1CCc2c(sc3ncnc(S[C@H](C)C(=O)OC4CCCCC4)c23)C1. The van der Waals surface area contributed by atoms with Gasteiger partial charge in [-0.25, -0.2) is 9.97 Å². The Hall–Kier alpha value is -1.14. The molecule has 1 saturated carbocycles. The molecule has 26 heavy (non-hydrogen) atoms. The molecule has 2 aliphatic rings. The number of carbonyl (C=O) groups excluding carboxylic acids is 1. The van der Waals surface area contributed by atoms with Crippen molar-refractivity contribution in [2.75, 3.05) is 0 Å². The Bertz CT molecular complexity index is 798. The van der Waals surface area contributed by atoms with E-state index >= 15 is 0 Å². The summed E-state index contributed by atoms with van der Waals surface area (Å²) in [4.78, 5) is 24.1. The Kier molecular flexibility index (Phi) is 5.50. The van der Waals surface area contributed by atoms with Gasteiger partial charge in [-0.2, -0.15) is 0 Å². The Morgan fingerprint density at radius 2 is 2.08 bits per heavy atom. The van der Waals surface area contributed by atoms with Gasteiger partial charge >= 0.3 is 5.97 Å². The van der Waals surface area contributed by atoms with Gasteiger partial charge in [0, 0.05) is 10.3 Å². The minimum Gasteiger partial charge on any atom is -0.462 e. The fourth-order valence-corrected chi connectivity index (χ4v) is 6.34. The molecule has 2 heterocycles. The van der Waals surface area contributed by atoms with Gasteiger partial charge in [0.25, 0.3) is 0 Å². The third-order valence-electron chi connectivity index (χ3n) is 5.51. The lowest BCUT2D eigenvalue weighted by Gasteiger charge is -2.23. The van der Waals surface area contributed by atoms with Gasteiger partial charge in [0.1, 0.15) is 27.5 Å². The zero-order chi connectivity index (χ0) is 18.1. The van der Waals surface area contributed by atoms with Crippen LogP contribution < -0.4 is 0 Å². The molecule has 0 amide bonds. The van der Waals surface area contributed by atoms with Crippen LogP contribution in [0.1, 0.15) is 62.8 Å². The van der Waals surface area contributed by atoms with Crippen LogP contribution in [0.2, 0.25) is 0 Å². The topological polar surface area (TPSA) is 52.1 Å². The molecule has 0 aromatic carbocycles. The van der Waals surface area contributed by atoms with Crippen LogP contribution in [0.25, 0.3) is 10.2 Å². The molecule has 1 fully saturated rings. The predicted octanol–water partition coefficient (Wildman–Crippen LogP) is 5.17. The quantitative estimate of drug-likeness (QED) is 0.409. The van der Waals surface area contributed by atoms with E-state index in [0.29, 0.717) is 0 Å². The van der Waals surface area contributed by atoms with Crippen molar-refractivity contribution in [3.05, 3.63) is 16.8 Å². The zero-order valence-corrected chi connectivity index (χ0v) is 17.1. The van der Waals surface area contributed by atoms with Crippen molar-refractivity contribution in [1.82, 2.24) is 9.97 Å². The fourth-order valence-electron chi connectivity index (χ4n) is 3.99.